The summed E-state index contributed by atoms with van der Waals surface area (Å²) in [7, 11) is 1.30. The number of methoxy groups -OCH3 is 1. The summed E-state index contributed by atoms with van der Waals surface area (Å²) in [6, 6.07) is 7.64. The topological polar surface area (TPSA) is 106 Å². The van der Waals surface area contributed by atoms with Gasteiger partial charge in [0.1, 0.15) is 5.56 Å². The van der Waals surface area contributed by atoms with Gasteiger partial charge in [-0.3, -0.25) is 14.7 Å². The highest BCUT2D eigenvalue weighted by molar-refractivity contribution is 6.08. The molecule has 1 amide bonds. The summed E-state index contributed by atoms with van der Waals surface area (Å²) in [5.41, 5.74) is 1.61. The Morgan fingerprint density at radius 2 is 1.96 bits per heavy atom. The minimum absolute atomic E-state index is 0.243. The number of hydrogen-bond donors (Lipinski definition) is 2. The highest BCUT2D eigenvalue weighted by Gasteiger charge is 2.15. The van der Waals surface area contributed by atoms with Crippen molar-refractivity contribution in [3.8, 4) is 0 Å². The number of hydrogen-bond acceptors (Lipinski definition) is 5. The van der Waals surface area contributed by atoms with Crippen LogP contribution < -0.4 is 10.9 Å². The Morgan fingerprint density at radius 3 is 2.62 bits per heavy atom. The molecule has 0 aliphatic heterocycles. The first kappa shape index (κ1) is 15.5. The molecule has 122 valence electrons. The van der Waals surface area contributed by atoms with E-state index in [1.54, 1.807) is 31.2 Å². The number of carbonyl (C=O) groups excluding carboxylic acids is 2. The van der Waals surface area contributed by atoms with E-state index in [0.29, 0.717) is 16.9 Å². The van der Waals surface area contributed by atoms with Gasteiger partial charge in [-0.15, -0.1) is 0 Å². The standard InChI is InChI=1S/C16H14N4O4/c1-9-7-13(21)20-14(18-9)12(8-17-20)15(22)19-11-5-3-10(4-6-11)16(23)24-2/h3-8,17H,1-2H3,(H,19,22). The smallest absolute Gasteiger partial charge is 0.337 e. The maximum atomic E-state index is 12.4. The summed E-state index contributed by atoms with van der Waals surface area (Å²) < 4.78 is 5.81. The second-order valence-corrected chi connectivity index (χ2v) is 5.10. The zero-order valence-corrected chi connectivity index (χ0v) is 13.0. The number of aryl methyl sites for hydroxylation is 1. The van der Waals surface area contributed by atoms with Crippen molar-refractivity contribution in [2.75, 3.05) is 12.4 Å². The summed E-state index contributed by atoms with van der Waals surface area (Å²) >= 11 is 0. The Morgan fingerprint density at radius 1 is 1.25 bits per heavy atom. The molecule has 1 aromatic carbocycles. The van der Waals surface area contributed by atoms with E-state index in [9.17, 15) is 14.4 Å². The number of rotatable bonds is 3. The number of esters is 1. The highest BCUT2D eigenvalue weighted by atomic mass is 16.5. The summed E-state index contributed by atoms with van der Waals surface area (Å²) in [5.74, 6) is -0.874. The second kappa shape index (κ2) is 5.99. The molecule has 2 heterocycles. The molecule has 2 N–H and O–H groups in total. The van der Waals surface area contributed by atoms with Crippen LogP contribution in [0.15, 0.2) is 41.3 Å². The zero-order chi connectivity index (χ0) is 17.3. The molecular weight excluding hydrogens is 312 g/mol. The predicted octanol–water partition coefficient (Wildman–Crippen LogP) is 1.37. The Bertz CT molecular complexity index is 985. The largest absolute Gasteiger partial charge is 0.465 e. The van der Waals surface area contributed by atoms with Crippen molar-refractivity contribution in [3.63, 3.8) is 0 Å². The lowest BCUT2D eigenvalue weighted by Crippen LogP contribution is -2.17. The van der Waals surface area contributed by atoms with Crippen LogP contribution in [-0.2, 0) is 4.74 Å². The molecule has 0 saturated carbocycles. The quantitative estimate of drug-likeness (QED) is 0.707. The molecule has 8 heteroatoms. The normalized spacial score (nSPS) is 10.6. The van der Waals surface area contributed by atoms with E-state index >= 15 is 0 Å². The fourth-order valence-corrected chi connectivity index (χ4v) is 2.27. The molecule has 0 fully saturated rings. The van der Waals surface area contributed by atoms with E-state index in [-0.39, 0.29) is 16.8 Å². The van der Waals surface area contributed by atoms with Crippen molar-refractivity contribution in [3.05, 3.63) is 63.7 Å². The number of aromatic amines is 1. The van der Waals surface area contributed by atoms with Gasteiger partial charge in [-0.05, 0) is 31.2 Å². The van der Waals surface area contributed by atoms with Gasteiger partial charge in [0.05, 0.1) is 12.7 Å². The van der Waals surface area contributed by atoms with E-state index in [0.717, 1.165) is 0 Å². The third-order valence-electron chi connectivity index (χ3n) is 3.43. The van der Waals surface area contributed by atoms with E-state index in [1.165, 1.54) is 23.9 Å². The lowest BCUT2D eigenvalue weighted by molar-refractivity contribution is 0.0600. The van der Waals surface area contributed by atoms with Crippen molar-refractivity contribution >= 4 is 23.2 Å². The fraction of sp³-hybridized carbons (Fsp3) is 0.125. The molecule has 0 radical (unpaired) electrons. The Hall–Kier alpha value is -3.42. The average molecular weight is 326 g/mol. The fourth-order valence-electron chi connectivity index (χ4n) is 2.27. The van der Waals surface area contributed by atoms with Gasteiger partial charge < -0.3 is 10.1 Å². The van der Waals surface area contributed by atoms with Gasteiger partial charge in [-0.1, -0.05) is 0 Å². The van der Waals surface area contributed by atoms with Crippen LogP contribution in [-0.4, -0.2) is 33.6 Å². The Labute approximate surface area is 136 Å². The summed E-state index contributed by atoms with van der Waals surface area (Å²) in [4.78, 5) is 39.9. The minimum Gasteiger partial charge on any atom is -0.465 e. The molecule has 0 aliphatic rings. The lowest BCUT2D eigenvalue weighted by atomic mass is 10.2. The van der Waals surface area contributed by atoms with Gasteiger partial charge in [0.25, 0.3) is 11.5 Å². The number of nitrogens with zero attached hydrogens (tertiary/aromatic N) is 2. The number of amides is 1. The number of ether oxygens (including phenoxy) is 1. The third-order valence-corrected chi connectivity index (χ3v) is 3.43. The molecule has 8 nitrogen and oxygen atoms in total. The van der Waals surface area contributed by atoms with E-state index in [4.69, 9.17) is 0 Å². The highest BCUT2D eigenvalue weighted by Crippen LogP contribution is 2.14. The lowest BCUT2D eigenvalue weighted by Gasteiger charge is -2.05. The number of H-pyrrole nitrogens is 1. The Kier molecular flexibility index (Phi) is 3.87. The van der Waals surface area contributed by atoms with Gasteiger partial charge >= 0.3 is 5.97 Å². The van der Waals surface area contributed by atoms with Crippen LogP contribution in [0.4, 0.5) is 5.69 Å². The molecule has 24 heavy (non-hydrogen) atoms. The van der Waals surface area contributed by atoms with Crippen molar-refractivity contribution < 1.29 is 14.3 Å². The molecular formula is C16H14N4O4. The van der Waals surface area contributed by atoms with Crippen LogP contribution in [0.5, 0.6) is 0 Å². The SMILES string of the molecule is COC(=O)c1ccc(NC(=O)c2c[nH]n3c(=O)cc(C)nc23)cc1. The number of nitrogens with one attached hydrogen (secondary N) is 2. The van der Waals surface area contributed by atoms with E-state index in [1.807, 2.05) is 0 Å². The maximum Gasteiger partial charge on any atom is 0.337 e. The summed E-state index contributed by atoms with van der Waals surface area (Å²) in [6.45, 7) is 1.68. The van der Waals surface area contributed by atoms with Gasteiger partial charge in [0.15, 0.2) is 5.65 Å². The van der Waals surface area contributed by atoms with Gasteiger partial charge in [-0.2, -0.15) is 0 Å². The zero-order valence-electron chi connectivity index (χ0n) is 13.0. The van der Waals surface area contributed by atoms with Crippen LogP contribution in [0, 0.1) is 6.92 Å². The number of benzene rings is 1. The van der Waals surface area contributed by atoms with E-state index < -0.39 is 11.9 Å². The van der Waals surface area contributed by atoms with Crippen LogP contribution in [0.25, 0.3) is 5.65 Å². The van der Waals surface area contributed by atoms with Crippen LogP contribution in [0.2, 0.25) is 0 Å². The number of carbonyl (C=O) groups is 2. The van der Waals surface area contributed by atoms with Crippen molar-refractivity contribution in [1.29, 1.82) is 0 Å². The van der Waals surface area contributed by atoms with Crippen molar-refractivity contribution in [1.82, 2.24) is 14.6 Å². The van der Waals surface area contributed by atoms with E-state index in [2.05, 4.69) is 20.1 Å². The average Bonchev–Trinajstić information content (AvgIpc) is 2.99. The summed E-state index contributed by atoms with van der Waals surface area (Å²) in [6.07, 6.45) is 1.42. The first-order chi connectivity index (χ1) is 11.5. The van der Waals surface area contributed by atoms with Gasteiger partial charge in [-0.25, -0.2) is 14.3 Å². The number of fused-ring (bicyclic) bond motifs is 1. The van der Waals surface area contributed by atoms with Crippen LogP contribution >= 0.6 is 0 Å². The van der Waals surface area contributed by atoms with Crippen molar-refractivity contribution in [2.45, 2.75) is 6.92 Å². The van der Waals surface area contributed by atoms with Gasteiger partial charge in [0.2, 0.25) is 0 Å². The monoisotopic (exact) mass is 326 g/mol. The molecule has 2 aromatic heterocycles. The first-order valence-electron chi connectivity index (χ1n) is 7.07. The molecule has 3 aromatic rings. The molecule has 0 saturated heterocycles. The van der Waals surface area contributed by atoms with Crippen LogP contribution in [0.1, 0.15) is 26.4 Å². The molecule has 0 bridgehead atoms. The molecule has 0 spiro atoms. The van der Waals surface area contributed by atoms with Crippen molar-refractivity contribution in [2.24, 2.45) is 0 Å². The second-order valence-electron chi connectivity index (χ2n) is 5.10. The third kappa shape index (κ3) is 2.76. The number of anilines is 1. The molecule has 0 atom stereocenters. The molecule has 0 aliphatic carbocycles. The first-order valence-corrected chi connectivity index (χ1v) is 7.07. The number of aromatic nitrogens is 3. The maximum absolute atomic E-state index is 12.4. The Balaban J connectivity index is 1.88. The predicted molar refractivity (Wildman–Crippen MR) is 86.3 cm³/mol. The molecule has 0 unspecified atom stereocenters. The minimum atomic E-state index is -0.455. The molecule has 3 rings (SSSR count). The summed E-state index contributed by atoms with van der Waals surface area (Å²) in [5, 5.41) is 5.39. The van der Waals surface area contributed by atoms with Gasteiger partial charge in [0, 0.05) is 23.6 Å². The van der Waals surface area contributed by atoms with Crippen LogP contribution in [0.3, 0.4) is 0 Å².